The van der Waals surface area contributed by atoms with Gasteiger partial charge in [0.1, 0.15) is 5.82 Å². The number of benzene rings is 1. The Kier molecular flexibility index (Phi) is 4.53. The average Bonchev–Trinajstić information content (AvgIpc) is 2.92. The molecule has 0 saturated heterocycles. The van der Waals surface area contributed by atoms with Crippen LogP contribution in [0.15, 0.2) is 36.7 Å². The number of hydrogen-bond donors (Lipinski definition) is 3. The molecule has 1 amide bonds. The van der Waals surface area contributed by atoms with Crippen molar-refractivity contribution in [2.24, 2.45) is 11.7 Å². The van der Waals surface area contributed by atoms with Gasteiger partial charge in [0, 0.05) is 23.6 Å². The summed E-state index contributed by atoms with van der Waals surface area (Å²) in [6.07, 6.45) is 4.15. The lowest BCUT2D eigenvalue weighted by atomic mass is 10.0. The molecule has 0 aliphatic rings. The number of hydrogen-bond acceptors (Lipinski definition) is 3. The highest BCUT2D eigenvalue weighted by Crippen LogP contribution is 2.18. The molecule has 1 atom stereocenters. The first-order valence-electron chi connectivity index (χ1n) is 6.72. The van der Waals surface area contributed by atoms with Gasteiger partial charge in [-0.15, -0.1) is 0 Å². The van der Waals surface area contributed by atoms with Crippen LogP contribution in [-0.4, -0.2) is 21.9 Å². The van der Waals surface area contributed by atoms with Crippen LogP contribution >= 0.6 is 0 Å². The van der Waals surface area contributed by atoms with Gasteiger partial charge >= 0.3 is 0 Å². The smallest absolute Gasteiger partial charge is 0.241 e. The van der Waals surface area contributed by atoms with Crippen LogP contribution in [0, 0.1) is 5.92 Å². The van der Waals surface area contributed by atoms with Crippen molar-refractivity contribution in [3.05, 3.63) is 36.7 Å². The fourth-order valence-electron chi connectivity index (χ4n) is 1.98. The average molecular weight is 272 g/mol. The summed E-state index contributed by atoms with van der Waals surface area (Å²) in [5.74, 6) is 1.06. The highest BCUT2D eigenvalue weighted by atomic mass is 16.2. The van der Waals surface area contributed by atoms with E-state index in [1.54, 1.807) is 12.4 Å². The molecule has 0 spiro atoms. The summed E-state index contributed by atoms with van der Waals surface area (Å²) in [6, 6.07) is 7.03. The molecule has 1 aromatic heterocycles. The third-order valence-electron chi connectivity index (χ3n) is 2.99. The highest BCUT2D eigenvalue weighted by molar-refractivity contribution is 5.94. The van der Waals surface area contributed by atoms with Crippen LogP contribution in [0.5, 0.6) is 0 Å². The zero-order chi connectivity index (χ0) is 14.5. The number of H-pyrrole nitrogens is 1. The normalized spacial score (nSPS) is 12.4. The lowest BCUT2D eigenvalue weighted by Gasteiger charge is -2.14. The lowest BCUT2D eigenvalue weighted by Crippen LogP contribution is -2.36. The second kappa shape index (κ2) is 6.34. The molecule has 1 heterocycles. The van der Waals surface area contributed by atoms with E-state index in [1.165, 1.54) is 0 Å². The Morgan fingerprint density at radius 1 is 1.35 bits per heavy atom. The quantitative estimate of drug-likeness (QED) is 0.781. The van der Waals surface area contributed by atoms with Crippen molar-refractivity contribution in [1.29, 1.82) is 0 Å². The number of nitrogens with two attached hydrogens (primary N) is 1. The summed E-state index contributed by atoms with van der Waals surface area (Å²) in [4.78, 5) is 19.1. The molecule has 0 radical (unpaired) electrons. The van der Waals surface area contributed by atoms with Crippen molar-refractivity contribution < 1.29 is 4.79 Å². The molecule has 5 heteroatoms. The molecule has 2 rings (SSSR count). The molecule has 0 aliphatic heterocycles. The van der Waals surface area contributed by atoms with E-state index in [0.717, 1.165) is 17.1 Å². The van der Waals surface area contributed by atoms with E-state index in [0.29, 0.717) is 12.3 Å². The second-order valence-electron chi connectivity index (χ2n) is 5.24. The van der Waals surface area contributed by atoms with E-state index in [4.69, 9.17) is 5.73 Å². The van der Waals surface area contributed by atoms with E-state index >= 15 is 0 Å². The van der Waals surface area contributed by atoms with Gasteiger partial charge in [-0.25, -0.2) is 4.98 Å². The minimum Gasteiger partial charge on any atom is -0.345 e. The predicted molar refractivity (Wildman–Crippen MR) is 80.1 cm³/mol. The summed E-state index contributed by atoms with van der Waals surface area (Å²) in [5, 5.41) is 2.83. The molecular weight excluding hydrogens is 252 g/mol. The predicted octanol–water partition coefficient (Wildman–Crippen LogP) is 2.39. The van der Waals surface area contributed by atoms with Gasteiger partial charge in [0.25, 0.3) is 0 Å². The summed E-state index contributed by atoms with van der Waals surface area (Å²) < 4.78 is 0. The van der Waals surface area contributed by atoms with Crippen LogP contribution < -0.4 is 11.1 Å². The van der Waals surface area contributed by atoms with E-state index in [2.05, 4.69) is 15.3 Å². The fourth-order valence-corrected chi connectivity index (χ4v) is 1.98. The zero-order valence-electron chi connectivity index (χ0n) is 11.8. The summed E-state index contributed by atoms with van der Waals surface area (Å²) in [6.45, 7) is 4.09. The minimum absolute atomic E-state index is 0.149. The number of imidazole rings is 1. The molecule has 0 unspecified atom stereocenters. The van der Waals surface area contributed by atoms with Crippen LogP contribution in [0.4, 0.5) is 5.69 Å². The molecule has 5 nitrogen and oxygen atoms in total. The standard InChI is InChI=1S/C15H20N4O/c1-10(2)9-13(16)15(20)19-12-5-3-11(4-6-12)14-17-7-8-18-14/h3-8,10,13H,9,16H2,1-2H3,(H,17,18)(H,19,20)/t13-/m0/s1. The van der Waals surface area contributed by atoms with Gasteiger partial charge < -0.3 is 16.0 Å². The van der Waals surface area contributed by atoms with Crippen molar-refractivity contribution in [2.45, 2.75) is 26.3 Å². The number of rotatable bonds is 5. The number of carbonyl (C=O) groups is 1. The van der Waals surface area contributed by atoms with Crippen LogP contribution in [0.1, 0.15) is 20.3 Å². The van der Waals surface area contributed by atoms with Crippen LogP contribution in [-0.2, 0) is 4.79 Å². The molecule has 0 saturated carbocycles. The van der Waals surface area contributed by atoms with Gasteiger partial charge in [0.2, 0.25) is 5.91 Å². The topological polar surface area (TPSA) is 83.8 Å². The molecule has 2 aromatic rings. The van der Waals surface area contributed by atoms with Crippen LogP contribution in [0.25, 0.3) is 11.4 Å². The first-order chi connectivity index (χ1) is 9.56. The number of aromatic nitrogens is 2. The van der Waals surface area contributed by atoms with Gasteiger partial charge in [0.05, 0.1) is 6.04 Å². The SMILES string of the molecule is CC(C)C[C@H](N)C(=O)Nc1ccc(-c2ncc[nH]2)cc1. The number of aromatic amines is 1. The van der Waals surface area contributed by atoms with Gasteiger partial charge in [-0.1, -0.05) is 13.8 Å². The first-order valence-corrected chi connectivity index (χ1v) is 6.72. The second-order valence-corrected chi connectivity index (χ2v) is 5.24. The zero-order valence-corrected chi connectivity index (χ0v) is 11.8. The van der Waals surface area contributed by atoms with Gasteiger partial charge in [-0.3, -0.25) is 4.79 Å². The molecule has 20 heavy (non-hydrogen) atoms. The minimum atomic E-state index is -0.472. The van der Waals surface area contributed by atoms with Crippen molar-refractivity contribution >= 4 is 11.6 Å². The molecule has 1 aromatic carbocycles. The lowest BCUT2D eigenvalue weighted by molar-refractivity contribution is -0.117. The van der Waals surface area contributed by atoms with Gasteiger partial charge in [-0.05, 0) is 36.6 Å². The van der Waals surface area contributed by atoms with E-state index in [1.807, 2.05) is 38.1 Å². The Bertz CT molecular complexity index is 546. The highest BCUT2D eigenvalue weighted by Gasteiger charge is 2.14. The monoisotopic (exact) mass is 272 g/mol. The summed E-state index contributed by atoms with van der Waals surface area (Å²) in [7, 11) is 0. The molecular formula is C15H20N4O. The molecule has 4 N–H and O–H groups in total. The van der Waals surface area contributed by atoms with E-state index < -0.39 is 6.04 Å². The maximum Gasteiger partial charge on any atom is 0.241 e. The number of amides is 1. The first kappa shape index (κ1) is 14.3. The third-order valence-corrected chi connectivity index (χ3v) is 2.99. The van der Waals surface area contributed by atoms with E-state index in [-0.39, 0.29) is 5.91 Å². The molecule has 106 valence electrons. The van der Waals surface area contributed by atoms with Crippen molar-refractivity contribution in [2.75, 3.05) is 5.32 Å². The summed E-state index contributed by atoms with van der Waals surface area (Å²) in [5.41, 5.74) is 7.56. The number of nitrogens with one attached hydrogen (secondary N) is 2. The Morgan fingerprint density at radius 3 is 2.60 bits per heavy atom. The Hall–Kier alpha value is -2.14. The van der Waals surface area contributed by atoms with Gasteiger partial charge in [0.15, 0.2) is 0 Å². The Labute approximate surface area is 118 Å². The molecule has 0 bridgehead atoms. The Balaban J connectivity index is 1.99. The fraction of sp³-hybridized carbons (Fsp3) is 0.333. The number of carbonyl (C=O) groups excluding carboxylic acids is 1. The van der Waals surface area contributed by atoms with E-state index in [9.17, 15) is 4.79 Å². The largest absolute Gasteiger partial charge is 0.345 e. The molecule has 0 fully saturated rings. The molecule has 0 aliphatic carbocycles. The maximum absolute atomic E-state index is 11.9. The summed E-state index contributed by atoms with van der Waals surface area (Å²) >= 11 is 0. The van der Waals surface area contributed by atoms with Crippen molar-refractivity contribution in [3.8, 4) is 11.4 Å². The Morgan fingerprint density at radius 2 is 2.05 bits per heavy atom. The number of anilines is 1. The number of nitrogens with zero attached hydrogens (tertiary/aromatic N) is 1. The third kappa shape index (κ3) is 3.68. The van der Waals surface area contributed by atoms with Crippen molar-refractivity contribution in [1.82, 2.24) is 9.97 Å². The van der Waals surface area contributed by atoms with Crippen LogP contribution in [0.2, 0.25) is 0 Å². The van der Waals surface area contributed by atoms with Crippen molar-refractivity contribution in [3.63, 3.8) is 0 Å². The maximum atomic E-state index is 11.9. The van der Waals surface area contributed by atoms with Gasteiger partial charge in [-0.2, -0.15) is 0 Å². The van der Waals surface area contributed by atoms with Crippen LogP contribution in [0.3, 0.4) is 0 Å².